The third-order valence-electron chi connectivity index (χ3n) is 2.20. The minimum absolute atomic E-state index is 0.0166. The van der Waals surface area contributed by atoms with Crippen molar-refractivity contribution in [2.45, 2.75) is 6.92 Å². The average molecular weight is 334 g/mol. The van der Waals surface area contributed by atoms with E-state index in [0.29, 0.717) is 10.4 Å². The van der Waals surface area contributed by atoms with Gasteiger partial charge in [-0.15, -0.1) is 11.3 Å². The van der Waals surface area contributed by atoms with Crippen LogP contribution in [0.3, 0.4) is 0 Å². The second kappa shape index (κ2) is 4.88. The van der Waals surface area contributed by atoms with Crippen LogP contribution in [0.2, 0.25) is 5.02 Å². The van der Waals surface area contributed by atoms with Gasteiger partial charge in [0.15, 0.2) is 0 Å². The Kier molecular flexibility index (Phi) is 3.66. The number of halogens is 3. The number of benzene rings is 1. The zero-order valence-electron chi connectivity index (χ0n) is 8.76. The molecule has 0 aliphatic carbocycles. The first-order valence-electron chi connectivity index (χ1n) is 4.74. The maximum atomic E-state index is 13.3. The summed E-state index contributed by atoms with van der Waals surface area (Å²) in [4.78, 5) is 13.7. The molecule has 0 bridgehead atoms. The molecule has 1 aromatic heterocycles. The van der Waals surface area contributed by atoms with E-state index in [1.54, 1.807) is 0 Å². The number of rotatable bonds is 2. The van der Waals surface area contributed by atoms with Gasteiger partial charge in [-0.2, -0.15) is 0 Å². The molecule has 1 heterocycles. The molecule has 2 rings (SSSR count). The lowest BCUT2D eigenvalue weighted by atomic mass is 10.1. The first-order chi connectivity index (χ1) is 7.99. The lowest BCUT2D eigenvalue weighted by molar-refractivity contribution is 0.104. The Hall–Kier alpha value is -0.710. The van der Waals surface area contributed by atoms with Gasteiger partial charge >= 0.3 is 0 Å². The molecule has 2 aromatic rings. The molecule has 0 aliphatic heterocycles. The van der Waals surface area contributed by atoms with E-state index in [2.05, 4.69) is 15.9 Å². The van der Waals surface area contributed by atoms with Crippen molar-refractivity contribution in [3.8, 4) is 0 Å². The van der Waals surface area contributed by atoms with Gasteiger partial charge in [0.05, 0.1) is 9.90 Å². The molecule has 0 radical (unpaired) electrons. The quantitative estimate of drug-likeness (QED) is 0.719. The highest BCUT2D eigenvalue weighted by molar-refractivity contribution is 9.10. The van der Waals surface area contributed by atoms with E-state index < -0.39 is 5.82 Å². The molecule has 0 saturated heterocycles. The van der Waals surface area contributed by atoms with Crippen molar-refractivity contribution in [1.82, 2.24) is 0 Å². The van der Waals surface area contributed by atoms with Crippen molar-refractivity contribution in [3.63, 3.8) is 0 Å². The maximum Gasteiger partial charge on any atom is 0.204 e. The summed E-state index contributed by atoms with van der Waals surface area (Å²) in [5, 5.41) is 0.0166. The molecule has 0 N–H and O–H groups in total. The Morgan fingerprint density at radius 3 is 2.65 bits per heavy atom. The van der Waals surface area contributed by atoms with Crippen molar-refractivity contribution in [1.29, 1.82) is 0 Å². The molecule has 0 atom stereocenters. The first kappa shape index (κ1) is 12.7. The smallest absolute Gasteiger partial charge is 0.204 e. The summed E-state index contributed by atoms with van der Waals surface area (Å²) < 4.78 is 14.0. The normalized spacial score (nSPS) is 10.6. The number of ketones is 1. The lowest BCUT2D eigenvalue weighted by Gasteiger charge is -2.00. The Bertz CT molecular complexity index is 594. The SMILES string of the molecule is Cc1cc(Br)c(C(=O)c2ccc(Cl)c(F)c2)s1. The Balaban J connectivity index is 2.44. The van der Waals surface area contributed by atoms with Gasteiger partial charge in [-0.3, -0.25) is 4.79 Å². The van der Waals surface area contributed by atoms with E-state index in [4.69, 9.17) is 11.6 Å². The summed E-state index contributed by atoms with van der Waals surface area (Å²) >= 11 is 10.3. The van der Waals surface area contributed by atoms with Crippen molar-refractivity contribution in [2.24, 2.45) is 0 Å². The van der Waals surface area contributed by atoms with Crippen molar-refractivity contribution in [2.75, 3.05) is 0 Å². The van der Waals surface area contributed by atoms with Gasteiger partial charge in [0.25, 0.3) is 0 Å². The van der Waals surface area contributed by atoms with Crippen molar-refractivity contribution in [3.05, 3.63) is 54.9 Å². The topological polar surface area (TPSA) is 17.1 Å². The molecule has 0 aliphatic rings. The third kappa shape index (κ3) is 2.59. The van der Waals surface area contributed by atoms with Crippen LogP contribution in [0.15, 0.2) is 28.7 Å². The van der Waals surface area contributed by atoms with Gasteiger partial charge in [-0.1, -0.05) is 11.6 Å². The van der Waals surface area contributed by atoms with Crippen LogP contribution >= 0.6 is 38.9 Å². The summed E-state index contributed by atoms with van der Waals surface area (Å²) in [6.45, 7) is 1.91. The van der Waals surface area contributed by atoms with E-state index in [9.17, 15) is 9.18 Å². The van der Waals surface area contributed by atoms with Gasteiger partial charge in [0, 0.05) is 14.9 Å². The molecule has 5 heteroatoms. The van der Waals surface area contributed by atoms with E-state index >= 15 is 0 Å². The molecule has 1 aromatic carbocycles. The van der Waals surface area contributed by atoms with Crippen LogP contribution in [0.4, 0.5) is 4.39 Å². The fourth-order valence-corrected chi connectivity index (χ4v) is 3.31. The largest absolute Gasteiger partial charge is 0.288 e. The van der Waals surface area contributed by atoms with E-state index in [0.717, 1.165) is 15.4 Å². The molecule has 88 valence electrons. The predicted octanol–water partition coefficient (Wildman–Crippen LogP) is 4.84. The summed E-state index contributed by atoms with van der Waals surface area (Å²) in [5.74, 6) is -0.785. The van der Waals surface area contributed by atoms with Crippen LogP contribution in [0.1, 0.15) is 20.1 Å². The van der Waals surface area contributed by atoms with Crippen molar-refractivity contribution >= 4 is 44.7 Å². The molecule has 0 amide bonds. The molecular formula is C12H7BrClFOS. The summed E-state index contributed by atoms with van der Waals surface area (Å²) in [7, 11) is 0. The van der Waals surface area contributed by atoms with E-state index in [1.165, 1.54) is 23.5 Å². The molecule has 17 heavy (non-hydrogen) atoms. The minimum atomic E-state index is -0.582. The zero-order chi connectivity index (χ0) is 12.6. The second-order valence-electron chi connectivity index (χ2n) is 3.49. The highest BCUT2D eigenvalue weighted by atomic mass is 79.9. The lowest BCUT2D eigenvalue weighted by Crippen LogP contribution is -2.00. The number of aryl methyl sites for hydroxylation is 1. The van der Waals surface area contributed by atoms with Gasteiger partial charge in [0.2, 0.25) is 5.78 Å². The highest BCUT2D eigenvalue weighted by Crippen LogP contribution is 2.29. The standard InChI is InChI=1S/C12H7BrClFOS/c1-6-4-8(13)12(17-6)11(16)7-2-3-9(14)10(15)5-7/h2-5H,1H3. The monoisotopic (exact) mass is 332 g/mol. The molecule has 0 unspecified atom stereocenters. The maximum absolute atomic E-state index is 13.3. The molecule has 0 fully saturated rings. The molecule has 0 saturated carbocycles. The second-order valence-corrected chi connectivity index (χ2v) is 6.01. The van der Waals surface area contributed by atoms with Gasteiger partial charge in [-0.25, -0.2) is 4.39 Å². The predicted molar refractivity (Wildman–Crippen MR) is 71.6 cm³/mol. The molecule has 0 spiro atoms. The number of carbonyl (C=O) groups excluding carboxylic acids is 1. The average Bonchev–Trinajstić information content (AvgIpc) is 2.61. The fraction of sp³-hybridized carbons (Fsp3) is 0.0833. The first-order valence-corrected chi connectivity index (χ1v) is 6.73. The molecule has 1 nitrogen and oxygen atoms in total. The highest BCUT2D eigenvalue weighted by Gasteiger charge is 2.16. The summed E-state index contributed by atoms with van der Waals surface area (Å²) in [6, 6.07) is 5.93. The third-order valence-corrected chi connectivity index (χ3v) is 4.44. The Labute approximate surface area is 115 Å². The van der Waals surface area contributed by atoms with Crippen LogP contribution in [0.5, 0.6) is 0 Å². The fourth-order valence-electron chi connectivity index (χ4n) is 1.41. The van der Waals surface area contributed by atoms with Crippen molar-refractivity contribution < 1.29 is 9.18 Å². The van der Waals surface area contributed by atoms with Crippen LogP contribution < -0.4 is 0 Å². The number of carbonyl (C=O) groups is 1. The summed E-state index contributed by atoms with van der Waals surface area (Å²) in [6.07, 6.45) is 0. The number of hydrogen-bond acceptors (Lipinski definition) is 2. The Morgan fingerprint density at radius 1 is 1.41 bits per heavy atom. The van der Waals surface area contributed by atoms with Crippen LogP contribution in [0.25, 0.3) is 0 Å². The minimum Gasteiger partial charge on any atom is -0.288 e. The van der Waals surface area contributed by atoms with Crippen LogP contribution in [-0.2, 0) is 0 Å². The van der Waals surface area contributed by atoms with Gasteiger partial charge in [-0.05, 0) is 47.1 Å². The zero-order valence-corrected chi connectivity index (χ0v) is 11.9. The van der Waals surface area contributed by atoms with E-state index in [-0.39, 0.29) is 10.8 Å². The molecular weight excluding hydrogens is 327 g/mol. The Morgan fingerprint density at radius 2 is 2.12 bits per heavy atom. The summed E-state index contributed by atoms with van der Waals surface area (Å²) in [5.41, 5.74) is 0.300. The van der Waals surface area contributed by atoms with Crippen LogP contribution in [-0.4, -0.2) is 5.78 Å². The number of thiophene rings is 1. The van der Waals surface area contributed by atoms with Gasteiger partial charge < -0.3 is 0 Å². The van der Waals surface area contributed by atoms with Gasteiger partial charge in [0.1, 0.15) is 5.82 Å². The number of hydrogen-bond donors (Lipinski definition) is 0. The van der Waals surface area contributed by atoms with E-state index in [1.807, 2.05) is 13.0 Å². The van der Waals surface area contributed by atoms with Crippen LogP contribution in [0, 0.1) is 12.7 Å².